The van der Waals surface area contributed by atoms with Crippen molar-refractivity contribution in [1.82, 2.24) is 4.72 Å². The van der Waals surface area contributed by atoms with Gasteiger partial charge in [-0.1, -0.05) is 6.07 Å². The summed E-state index contributed by atoms with van der Waals surface area (Å²) >= 11 is 0. The maximum absolute atomic E-state index is 12.0. The summed E-state index contributed by atoms with van der Waals surface area (Å²) in [6.07, 6.45) is -5.94. The van der Waals surface area contributed by atoms with Crippen molar-refractivity contribution in [3.63, 3.8) is 0 Å². The number of nitrogens with two attached hydrogens (primary N) is 1. The van der Waals surface area contributed by atoms with Crippen molar-refractivity contribution < 1.29 is 26.5 Å². The van der Waals surface area contributed by atoms with E-state index < -0.39 is 44.7 Å². The van der Waals surface area contributed by atoms with Crippen molar-refractivity contribution >= 4 is 21.4 Å². The molecule has 12 heteroatoms. The molecule has 0 aromatic heterocycles. The van der Waals surface area contributed by atoms with Crippen LogP contribution in [0.1, 0.15) is 6.42 Å². The maximum Gasteiger partial charge on any atom is 0.390 e. The highest BCUT2D eigenvalue weighted by molar-refractivity contribution is 7.89. The van der Waals surface area contributed by atoms with E-state index in [2.05, 4.69) is 0 Å². The molecule has 1 aromatic rings. The summed E-state index contributed by atoms with van der Waals surface area (Å²) in [6, 6.07) is 3.22. The number of anilines is 1. The number of nitro groups is 1. The Hall–Kier alpha value is -1.92. The van der Waals surface area contributed by atoms with Crippen molar-refractivity contribution in [3.8, 4) is 0 Å². The van der Waals surface area contributed by atoms with E-state index in [1.807, 2.05) is 5.43 Å². The monoisotopic (exact) mass is 328 g/mol. The molecule has 0 aliphatic heterocycles. The molecule has 8 nitrogen and oxygen atoms in total. The molecule has 0 aliphatic carbocycles. The van der Waals surface area contributed by atoms with Gasteiger partial charge in [-0.05, 0) is 12.1 Å². The molecule has 21 heavy (non-hydrogen) atoms. The lowest BCUT2D eigenvalue weighted by atomic mass is 10.3. The van der Waals surface area contributed by atoms with Crippen LogP contribution in [0.2, 0.25) is 0 Å². The first-order chi connectivity index (χ1) is 9.58. The third kappa shape index (κ3) is 4.54. The zero-order valence-corrected chi connectivity index (χ0v) is 11.2. The van der Waals surface area contributed by atoms with Crippen molar-refractivity contribution in [2.45, 2.75) is 17.5 Å². The Morgan fingerprint density at radius 2 is 1.95 bits per heavy atom. The van der Waals surface area contributed by atoms with Gasteiger partial charge in [0.1, 0.15) is 5.69 Å². The highest BCUT2D eigenvalue weighted by atomic mass is 32.2. The average molecular weight is 328 g/mol. The number of sulfonamides is 1. The molecule has 0 bridgehead atoms. The third-order valence-electron chi connectivity index (χ3n) is 2.33. The molecule has 118 valence electrons. The molecular weight excluding hydrogens is 317 g/mol. The number of nitrogen functional groups attached to an aromatic ring is 1. The third-order valence-corrected chi connectivity index (χ3v) is 3.82. The van der Waals surface area contributed by atoms with Gasteiger partial charge < -0.3 is 5.43 Å². The van der Waals surface area contributed by atoms with Crippen LogP contribution in [0.5, 0.6) is 0 Å². The van der Waals surface area contributed by atoms with Crippen LogP contribution < -0.4 is 16.0 Å². The summed E-state index contributed by atoms with van der Waals surface area (Å²) < 4.78 is 61.3. The summed E-state index contributed by atoms with van der Waals surface area (Å²) in [5, 5.41) is 10.9. The van der Waals surface area contributed by atoms with Gasteiger partial charge in [-0.25, -0.2) is 13.1 Å². The number of nitro benzene ring substituents is 1. The van der Waals surface area contributed by atoms with Crippen molar-refractivity contribution in [2.24, 2.45) is 5.84 Å². The van der Waals surface area contributed by atoms with E-state index in [0.29, 0.717) is 0 Å². The fourth-order valence-corrected chi connectivity index (χ4v) is 2.67. The van der Waals surface area contributed by atoms with Crippen LogP contribution >= 0.6 is 0 Å². The minimum absolute atomic E-state index is 0.279. The van der Waals surface area contributed by atoms with Gasteiger partial charge in [0, 0.05) is 6.54 Å². The van der Waals surface area contributed by atoms with Crippen molar-refractivity contribution in [2.75, 3.05) is 12.0 Å². The minimum Gasteiger partial charge on any atom is -0.318 e. The number of hydrazine groups is 1. The van der Waals surface area contributed by atoms with Gasteiger partial charge in [-0.2, -0.15) is 13.2 Å². The molecule has 0 unspecified atom stereocenters. The van der Waals surface area contributed by atoms with Gasteiger partial charge >= 0.3 is 11.9 Å². The molecule has 0 spiro atoms. The summed E-state index contributed by atoms with van der Waals surface area (Å²) in [4.78, 5) is 9.15. The molecule has 4 N–H and O–H groups in total. The second-order valence-corrected chi connectivity index (χ2v) is 5.55. The first kappa shape index (κ1) is 17.1. The van der Waals surface area contributed by atoms with Crippen LogP contribution in [-0.4, -0.2) is 26.1 Å². The molecule has 0 amide bonds. The SMILES string of the molecule is NNc1cccc(S(=O)(=O)NCCC(F)(F)F)c1[N+](=O)[O-]. The van der Waals surface area contributed by atoms with Gasteiger partial charge in [0.05, 0.1) is 11.3 Å². The molecule has 0 saturated heterocycles. The molecule has 0 heterocycles. The Morgan fingerprint density at radius 3 is 2.43 bits per heavy atom. The number of alkyl halides is 3. The molecule has 0 fully saturated rings. The number of benzene rings is 1. The Balaban J connectivity index is 3.11. The lowest BCUT2D eigenvalue weighted by Gasteiger charge is -2.10. The van der Waals surface area contributed by atoms with Crippen molar-refractivity contribution in [1.29, 1.82) is 0 Å². The smallest absolute Gasteiger partial charge is 0.318 e. The molecule has 0 saturated carbocycles. The number of nitrogens with one attached hydrogen (secondary N) is 2. The van der Waals surface area contributed by atoms with E-state index >= 15 is 0 Å². The summed E-state index contributed by atoms with van der Waals surface area (Å²) in [5.41, 5.74) is 0.829. The van der Waals surface area contributed by atoms with Crippen LogP contribution in [0.15, 0.2) is 23.1 Å². The predicted molar refractivity (Wildman–Crippen MR) is 66.8 cm³/mol. The molecule has 0 atom stereocenters. The maximum atomic E-state index is 12.0. The number of hydrogen-bond donors (Lipinski definition) is 3. The lowest BCUT2D eigenvalue weighted by molar-refractivity contribution is -0.386. The Morgan fingerprint density at radius 1 is 1.33 bits per heavy atom. The number of rotatable bonds is 6. The first-order valence-electron chi connectivity index (χ1n) is 5.39. The number of halogens is 3. The Labute approximate surface area is 117 Å². The Kier molecular flexibility index (Phi) is 5.09. The molecule has 1 rings (SSSR count). The minimum atomic E-state index is -4.55. The zero-order chi connectivity index (χ0) is 16.3. The second kappa shape index (κ2) is 6.24. The van der Waals surface area contributed by atoms with Crippen LogP contribution in [0.4, 0.5) is 24.5 Å². The summed E-state index contributed by atoms with van der Waals surface area (Å²) in [7, 11) is -4.48. The fourth-order valence-electron chi connectivity index (χ4n) is 1.45. The van der Waals surface area contributed by atoms with Gasteiger partial charge in [0.2, 0.25) is 10.0 Å². The fraction of sp³-hybridized carbons (Fsp3) is 0.333. The molecule has 0 radical (unpaired) electrons. The first-order valence-corrected chi connectivity index (χ1v) is 6.87. The molecule has 0 aliphatic rings. The second-order valence-electron chi connectivity index (χ2n) is 3.82. The van der Waals surface area contributed by atoms with Gasteiger partial charge in [-0.15, -0.1) is 0 Å². The summed E-state index contributed by atoms with van der Waals surface area (Å²) in [5.74, 6) is 5.04. The quantitative estimate of drug-likeness (QED) is 0.408. The highest BCUT2D eigenvalue weighted by Crippen LogP contribution is 2.31. The van der Waals surface area contributed by atoms with E-state index in [9.17, 15) is 31.7 Å². The van der Waals surface area contributed by atoms with Gasteiger partial charge in [0.25, 0.3) is 0 Å². The number of para-hydroxylation sites is 1. The van der Waals surface area contributed by atoms with Gasteiger partial charge in [-0.3, -0.25) is 16.0 Å². The lowest BCUT2D eigenvalue weighted by Crippen LogP contribution is -2.28. The predicted octanol–water partition coefficient (Wildman–Crippen LogP) is 1.11. The topological polar surface area (TPSA) is 127 Å². The van der Waals surface area contributed by atoms with Crippen LogP contribution in [-0.2, 0) is 10.0 Å². The molecular formula is C9H11F3N4O4S. The van der Waals surface area contributed by atoms with Crippen LogP contribution in [0, 0.1) is 10.1 Å². The number of hydrogen-bond acceptors (Lipinski definition) is 6. The van der Waals surface area contributed by atoms with E-state index in [4.69, 9.17) is 5.84 Å². The summed E-state index contributed by atoms with van der Waals surface area (Å²) in [6.45, 7) is -0.927. The van der Waals surface area contributed by atoms with Crippen LogP contribution in [0.3, 0.4) is 0 Å². The largest absolute Gasteiger partial charge is 0.390 e. The van der Waals surface area contributed by atoms with Gasteiger partial charge in [0.15, 0.2) is 4.90 Å². The Bertz CT molecular complexity index is 632. The normalized spacial score (nSPS) is 12.2. The number of nitrogens with zero attached hydrogens (tertiary/aromatic N) is 1. The van der Waals surface area contributed by atoms with E-state index in [1.54, 1.807) is 4.72 Å². The van der Waals surface area contributed by atoms with E-state index in [0.717, 1.165) is 12.1 Å². The molecule has 1 aromatic carbocycles. The zero-order valence-electron chi connectivity index (χ0n) is 10.3. The highest BCUT2D eigenvalue weighted by Gasteiger charge is 2.31. The van der Waals surface area contributed by atoms with Crippen molar-refractivity contribution in [3.05, 3.63) is 28.3 Å². The standard InChI is InChI=1S/C9H11F3N4O4S/c10-9(11,12)4-5-14-21(19,20)7-3-1-2-6(15-13)8(7)16(17)18/h1-3,14-15H,4-5,13H2. The van der Waals surface area contributed by atoms with E-state index in [-0.39, 0.29) is 5.69 Å². The van der Waals surface area contributed by atoms with E-state index in [1.165, 1.54) is 6.07 Å². The average Bonchev–Trinajstić information content (AvgIpc) is 2.35. The van der Waals surface area contributed by atoms with Crippen LogP contribution in [0.25, 0.3) is 0 Å².